The van der Waals surface area contributed by atoms with Crippen LogP contribution >= 0.6 is 23.4 Å². The highest BCUT2D eigenvalue weighted by molar-refractivity contribution is 7.99. The molecule has 2 amide bonds. The molecule has 3 aromatic rings. The molecule has 0 bridgehead atoms. The molecular weight excluding hydrogens is 530 g/mol. The van der Waals surface area contributed by atoms with Crippen LogP contribution in [0.25, 0.3) is 0 Å². The van der Waals surface area contributed by atoms with Crippen molar-refractivity contribution < 1.29 is 9.59 Å². The number of para-hydroxylation sites is 1. The molecule has 39 heavy (non-hydrogen) atoms. The standard InChI is InChI=1S/C30H36ClN5O2S/c1-22(2)32-16-17-33-29(37)20-35(21-30(38)34(3)36-18-23-8-4-5-9-24(23)19-36)27-10-6-7-11-28(27)39-26-14-12-25(31)13-15-26/h4-15,22,32H,16-21H2,1-3H3,(H,33,37). The van der Waals surface area contributed by atoms with Gasteiger partial charge in [-0.3, -0.25) is 14.6 Å². The Kier molecular flexibility index (Phi) is 10.3. The molecular formula is C30H36ClN5O2S. The Balaban J connectivity index is 1.50. The van der Waals surface area contributed by atoms with Gasteiger partial charge in [0.05, 0.1) is 18.8 Å². The van der Waals surface area contributed by atoms with Crippen molar-refractivity contribution in [3.05, 3.63) is 88.9 Å². The van der Waals surface area contributed by atoms with E-state index in [1.165, 1.54) is 11.1 Å². The van der Waals surface area contributed by atoms with Crippen LogP contribution in [0.1, 0.15) is 25.0 Å². The summed E-state index contributed by atoms with van der Waals surface area (Å²) in [6, 6.07) is 24.1. The number of halogens is 1. The SMILES string of the molecule is CC(C)NCCNC(=O)CN(CC(=O)N(C)N1Cc2ccccc2C1)c1ccccc1Sc1ccc(Cl)cc1. The van der Waals surface area contributed by atoms with Crippen LogP contribution in [0.2, 0.25) is 5.02 Å². The van der Waals surface area contributed by atoms with Crippen LogP contribution in [-0.2, 0) is 22.7 Å². The molecule has 9 heteroatoms. The molecule has 7 nitrogen and oxygen atoms in total. The number of hydrazine groups is 1. The highest BCUT2D eigenvalue weighted by Gasteiger charge is 2.27. The van der Waals surface area contributed by atoms with Gasteiger partial charge in [-0.05, 0) is 47.5 Å². The first-order chi connectivity index (χ1) is 18.8. The average molecular weight is 566 g/mol. The van der Waals surface area contributed by atoms with Crippen molar-refractivity contribution in [2.75, 3.05) is 38.1 Å². The fourth-order valence-corrected chi connectivity index (χ4v) is 5.50. The number of nitrogens with one attached hydrogen (secondary N) is 2. The predicted molar refractivity (Wildman–Crippen MR) is 159 cm³/mol. The Labute approximate surface area is 240 Å². The summed E-state index contributed by atoms with van der Waals surface area (Å²) in [6.07, 6.45) is 0. The zero-order valence-electron chi connectivity index (χ0n) is 22.7. The lowest BCUT2D eigenvalue weighted by molar-refractivity contribution is -0.145. The molecule has 0 spiro atoms. The van der Waals surface area contributed by atoms with Gasteiger partial charge in [-0.1, -0.05) is 73.6 Å². The number of amides is 2. The largest absolute Gasteiger partial charge is 0.353 e. The maximum atomic E-state index is 13.6. The van der Waals surface area contributed by atoms with Gasteiger partial charge in [-0.25, -0.2) is 5.01 Å². The number of benzene rings is 3. The van der Waals surface area contributed by atoms with Crippen LogP contribution in [0.4, 0.5) is 5.69 Å². The summed E-state index contributed by atoms with van der Waals surface area (Å²) < 4.78 is 0. The number of fused-ring (bicyclic) bond motifs is 1. The van der Waals surface area contributed by atoms with Gasteiger partial charge in [-0.2, -0.15) is 0 Å². The monoisotopic (exact) mass is 565 g/mol. The molecule has 0 saturated carbocycles. The molecule has 0 fully saturated rings. The third-order valence-corrected chi connectivity index (χ3v) is 7.84. The maximum absolute atomic E-state index is 13.6. The van der Waals surface area contributed by atoms with E-state index in [4.69, 9.17) is 11.6 Å². The van der Waals surface area contributed by atoms with E-state index in [1.54, 1.807) is 23.8 Å². The lowest BCUT2D eigenvalue weighted by Gasteiger charge is -2.32. The van der Waals surface area contributed by atoms with E-state index >= 15 is 0 Å². The van der Waals surface area contributed by atoms with E-state index in [2.05, 4.69) is 36.6 Å². The van der Waals surface area contributed by atoms with Crippen molar-refractivity contribution >= 4 is 40.9 Å². The molecule has 3 aromatic carbocycles. The van der Waals surface area contributed by atoms with E-state index in [0.29, 0.717) is 37.2 Å². The maximum Gasteiger partial charge on any atom is 0.256 e. The van der Waals surface area contributed by atoms with Crippen LogP contribution in [0.5, 0.6) is 0 Å². The van der Waals surface area contributed by atoms with Crippen molar-refractivity contribution in [2.45, 2.75) is 42.8 Å². The molecule has 0 radical (unpaired) electrons. The van der Waals surface area contributed by atoms with Crippen molar-refractivity contribution in [2.24, 2.45) is 0 Å². The Bertz CT molecular complexity index is 1250. The van der Waals surface area contributed by atoms with E-state index in [1.807, 2.05) is 70.6 Å². The van der Waals surface area contributed by atoms with E-state index < -0.39 is 0 Å². The summed E-state index contributed by atoms with van der Waals surface area (Å²) in [7, 11) is 1.80. The molecule has 0 aliphatic carbocycles. The highest BCUT2D eigenvalue weighted by atomic mass is 35.5. The summed E-state index contributed by atoms with van der Waals surface area (Å²) in [5, 5.41) is 10.7. The molecule has 4 rings (SSSR count). The number of hydrogen-bond donors (Lipinski definition) is 2. The number of carbonyl (C=O) groups excluding carboxylic acids is 2. The van der Waals surface area contributed by atoms with Gasteiger partial charge in [0.2, 0.25) is 5.91 Å². The summed E-state index contributed by atoms with van der Waals surface area (Å²) >= 11 is 7.66. The molecule has 0 aromatic heterocycles. The Morgan fingerprint density at radius 1 is 0.923 bits per heavy atom. The Hall–Kier alpha value is -3.04. The van der Waals surface area contributed by atoms with Crippen LogP contribution < -0.4 is 15.5 Å². The third kappa shape index (κ3) is 8.22. The lowest BCUT2D eigenvalue weighted by Crippen LogP contribution is -2.48. The fourth-order valence-electron chi connectivity index (χ4n) is 4.40. The zero-order chi connectivity index (χ0) is 27.8. The molecule has 1 aliphatic rings. The summed E-state index contributed by atoms with van der Waals surface area (Å²) in [6.45, 7) is 6.85. The molecule has 0 atom stereocenters. The Morgan fingerprint density at radius 2 is 1.56 bits per heavy atom. The number of rotatable bonds is 12. The third-order valence-electron chi connectivity index (χ3n) is 6.52. The van der Waals surface area contributed by atoms with Crippen LogP contribution in [-0.4, -0.2) is 61.1 Å². The van der Waals surface area contributed by atoms with Crippen LogP contribution in [0.3, 0.4) is 0 Å². The minimum Gasteiger partial charge on any atom is -0.353 e. The first-order valence-corrected chi connectivity index (χ1v) is 14.4. The minimum atomic E-state index is -0.129. The second-order valence-electron chi connectivity index (χ2n) is 9.85. The van der Waals surface area contributed by atoms with Crippen LogP contribution in [0, 0.1) is 0 Å². The predicted octanol–water partition coefficient (Wildman–Crippen LogP) is 4.80. The molecule has 1 aliphatic heterocycles. The van der Waals surface area contributed by atoms with Crippen molar-refractivity contribution in [3.8, 4) is 0 Å². The van der Waals surface area contributed by atoms with Crippen molar-refractivity contribution in [3.63, 3.8) is 0 Å². The van der Waals surface area contributed by atoms with Gasteiger partial charge in [-0.15, -0.1) is 0 Å². The second kappa shape index (κ2) is 13.8. The summed E-state index contributed by atoms with van der Waals surface area (Å²) in [4.78, 5) is 30.4. The summed E-state index contributed by atoms with van der Waals surface area (Å²) in [5.41, 5.74) is 3.29. The minimum absolute atomic E-state index is 0.0687. The van der Waals surface area contributed by atoms with E-state index in [9.17, 15) is 9.59 Å². The fraction of sp³-hybridized carbons (Fsp3) is 0.333. The first kappa shape index (κ1) is 29.0. The molecule has 0 saturated heterocycles. The Morgan fingerprint density at radius 3 is 2.23 bits per heavy atom. The number of nitrogens with zero attached hydrogens (tertiary/aromatic N) is 3. The van der Waals surface area contributed by atoms with Gasteiger partial charge in [0.15, 0.2) is 0 Å². The van der Waals surface area contributed by atoms with E-state index in [-0.39, 0.29) is 24.9 Å². The highest BCUT2D eigenvalue weighted by Crippen LogP contribution is 2.36. The average Bonchev–Trinajstić information content (AvgIpc) is 3.36. The molecule has 206 valence electrons. The smallest absolute Gasteiger partial charge is 0.256 e. The van der Waals surface area contributed by atoms with Gasteiger partial charge in [0.1, 0.15) is 0 Å². The number of hydrogen-bond acceptors (Lipinski definition) is 6. The quantitative estimate of drug-likeness (QED) is 0.308. The normalized spacial score (nSPS) is 12.8. The topological polar surface area (TPSA) is 67.9 Å². The van der Waals surface area contributed by atoms with Crippen molar-refractivity contribution in [1.82, 2.24) is 20.7 Å². The van der Waals surface area contributed by atoms with Gasteiger partial charge >= 0.3 is 0 Å². The van der Waals surface area contributed by atoms with Gasteiger partial charge in [0, 0.05) is 54.1 Å². The number of likely N-dealkylation sites (N-methyl/N-ethyl adjacent to an activating group) is 1. The lowest BCUT2D eigenvalue weighted by atomic mass is 10.1. The van der Waals surface area contributed by atoms with Gasteiger partial charge < -0.3 is 15.5 Å². The van der Waals surface area contributed by atoms with E-state index in [0.717, 1.165) is 15.5 Å². The number of carbonyl (C=O) groups is 2. The first-order valence-electron chi connectivity index (χ1n) is 13.2. The summed E-state index contributed by atoms with van der Waals surface area (Å²) in [5.74, 6) is -0.209. The van der Waals surface area contributed by atoms with Gasteiger partial charge in [0.25, 0.3) is 5.91 Å². The molecule has 1 heterocycles. The van der Waals surface area contributed by atoms with Crippen molar-refractivity contribution in [1.29, 1.82) is 0 Å². The molecule has 0 unspecified atom stereocenters. The number of anilines is 1. The second-order valence-corrected chi connectivity index (χ2v) is 11.4. The molecule has 2 N–H and O–H groups in total. The van der Waals surface area contributed by atoms with Crippen LogP contribution in [0.15, 0.2) is 82.6 Å². The zero-order valence-corrected chi connectivity index (χ0v) is 24.3.